The third-order valence-corrected chi connectivity index (χ3v) is 5.31. The highest BCUT2D eigenvalue weighted by Gasteiger charge is 2.17. The number of benzene rings is 2. The topological polar surface area (TPSA) is 73.1 Å². The maximum atomic E-state index is 13.2. The first-order chi connectivity index (χ1) is 11.3. The van der Waals surface area contributed by atoms with Gasteiger partial charge in [0.15, 0.2) is 0 Å². The number of nitrogens with one attached hydrogen (secondary N) is 1. The van der Waals surface area contributed by atoms with E-state index in [1.807, 2.05) is 0 Å². The van der Waals surface area contributed by atoms with Crippen LogP contribution >= 0.6 is 0 Å². The highest BCUT2D eigenvalue weighted by Crippen LogP contribution is 2.18. The summed E-state index contributed by atoms with van der Waals surface area (Å²) in [6, 6.07) is 10.2. The Balaban J connectivity index is 1.93. The number of halogens is 1. The normalized spacial score (nSPS) is 12.0. The number of nitrogens with zero attached hydrogens (tertiary/aromatic N) is 2. The summed E-state index contributed by atoms with van der Waals surface area (Å²) < 4.78 is 43.3. The Morgan fingerprint density at radius 1 is 1.04 bits per heavy atom. The Morgan fingerprint density at radius 2 is 1.75 bits per heavy atom. The molecule has 0 unspecified atom stereocenters. The molecule has 1 heterocycles. The Hall–Kier alpha value is -2.45. The zero-order valence-corrected chi connectivity index (χ0v) is 14.0. The van der Waals surface area contributed by atoms with Crippen LogP contribution in [0.25, 0.3) is 11.0 Å². The first-order valence-electron chi connectivity index (χ1n) is 7.19. The zero-order valence-electron chi connectivity index (χ0n) is 13.2. The largest absolute Gasteiger partial charge is 0.328 e. The summed E-state index contributed by atoms with van der Waals surface area (Å²) >= 11 is 0. The van der Waals surface area contributed by atoms with Gasteiger partial charge in [0.05, 0.1) is 15.9 Å². The van der Waals surface area contributed by atoms with Crippen LogP contribution in [0.15, 0.2) is 52.2 Å². The van der Waals surface area contributed by atoms with E-state index in [1.54, 1.807) is 26.2 Å². The lowest BCUT2D eigenvalue weighted by molar-refractivity contribution is 0.580. The summed E-state index contributed by atoms with van der Waals surface area (Å²) in [4.78, 5) is 12.0. The average Bonchev–Trinajstić information content (AvgIpc) is 2.77. The van der Waals surface area contributed by atoms with E-state index in [-0.39, 0.29) is 17.1 Å². The zero-order chi connectivity index (χ0) is 17.5. The van der Waals surface area contributed by atoms with Crippen LogP contribution in [0.2, 0.25) is 0 Å². The van der Waals surface area contributed by atoms with Gasteiger partial charge in [-0.3, -0.25) is 9.13 Å². The molecule has 0 aliphatic carbocycles. The van der Waals surface area contributed by atoms with Gasteiger partial charge >= 0.3 is 5.69 Å². The van der Waals surface area contributed by atoms with E-state index in [2.05, 4.69) is 4.72 Å². The number of aryl methyl sites for hydroxylation is 2. The predicted molar refractivity (Wildman–Crippen MR) is 88.6 cm³/mol. The molecule has 126 valence electrons. The van der Waals surface area contributed by atoms with Crippen molar-refractivity contribution in [2.24, 2.45) is 14.1 Å². The van der Waals surface area contributed by atoms with Crippen LogP contribution < -0.4 is 10.4 Å². The van der Waals surface area contributed by atoms with Gasteiger partial charge in [0.2, 0.25) is 10.0 Å². The third-order valence-electron chi connectivity index (χ3n) is 3.91. The first-order valence-corrected chi connectivity index (χ1v) is 8.67. The number of fused-ring (bicyclic) bond motifs is 1. The van der Waals surface area contributed by atoms with Crippen LogP contribution in [0.3, 0.4) is 0 Å². The Morgan fingerprint density at radius 3 is 2.46 bits per heavy atom. The molecule has 2 aromatic carbocycles. The molecule has 0 saturated carbocycles. The molecule has 0 fully saturated rings. The molecule has 1 N–H and O–H groups in total. The summed E-state index contributed by atoms with van der Waals surface area (Å²) in [6.45, 7) is -0.0220. The predicted octanol–water partition coefficient (Wildman–Crippen LogP) is 1.49. The summed E-state index contributed by atoms with van der Waals surface area (Å²) in [7, 11) is -0.570. The Bertz CT molecular complexity index is 1080. The second-order valence-corrected chi connectivity index (χ2v) is 7.27. The molecule has 24 heavy (non-hydrogen) atoms. The summed E-state index contributed by atoms with van der Waals surface area (Å²) in [5.41, 5.74) is 1.46. The third kappa shape index (κ3) is 2.85. The minimum absolute atomic E-state index is 0.0220. The summed E-state index contributed by atoms with van der Waals surface area (Å²) in [5.74, 6) is -0.424. The molecule has 0 saturated heterocycles. The monoisotopic (exact) mass is 349 g/mol. The molecule has 6 nitrogen and oxygen atoms in total. The van der Waals surface area contributed by atoms with Crippen LogP contribution in [0.5, 0.6) is 0 Å². The molecule has 1 aromatic heterocycles. The van der Waals surface area contributed by atoms with Crippen molar-refractivity contribution in [2.75, 3.05) is 0 Å². The first kappa shape index (κ1) is 16.4. The van der Waals surface area contributed by atoms with E-state index in [0.29, 0.717) is 16.6 Å². The van der Waals surface area contributed by atoms with E-state index >= 15 is 0 Å². The average molecular weight is 349 g/mol. The maximum absolute atomic E-state index is 13.2. The second-order valence-electron chi connectivity index (χ2n) is 5.51. The van der Waals surface area contributed by atoms with Crippen molar-refractivity contribution in [3.05, 3.63) is 64.3 Å². The SMILES string of the molecule is Cn1c(=O)n(C)c2cc(S(=O)(=O)NCc3cccc(F)c3)ccc21. The van der Waals surface area contributed by atoms with E-state index in [1.165, 1.54) is 39.5 Å². The number of rotatable bonds is 4. The van der Waals surface area contributed by atoms with Crippen LogP contribution in [0.1, 0.15) is 5.56 Å². The van der Waals surface area contributed by atoms with Crippen LogP contribution in [0.4, 0.5) is 4.39 Å². The molecule has 0 spiro atoms. The molecule has 0 aliphatic rings. The van der Waals surface area contributed by atoms with Crippen molar-refractivity contribution in [3.8, 4) is 0 Å². The van der Waals surface area contributed by atoms with Gasteiger partial charge in [-0.05, 0) is 35.9 Å². The number of sulfonamides is 1. The highest BCUT2D eigenvalue weighted by atomic mass is 32.2. The van der Waals surface area contributed by atoms with Gasteiger partial charge in [-0.1, -0.05) is 12.1 Å². The Kier molecular flexibility index (Phi) is 4.02. The van der Waals surface area contributed by atoms with Crippen LogP contribution in [-0.2, 0) is 30.7 Å². The lowest BCUT2D eigenvalue weighted by atomic mass is 10.2. The maximum Gasteiger partial charge on any atom is 0.328 e. The molecule has 0 bridgehead atoms. The van der Waals surface area contributed by atoms with Crippen molar-refractivity contribution < 1.29 is 12.8 Å². The molecule has 3 aromatic rings. The molecule has 0 radical (unpaired) electrons. The molecule has 0 aliphatic heterocycles. The van der Waals surface area contributed by atoms with E-state index in [9.17, 15) is 17.6 Å². The van der Waals surface area contributed by atoms with Crippen LogP contribution in [0, 0.1) is 5.82 Å². The second kappa shape index (κ2) is 5.88. The van der Waals surface area contributed by atoms with Crippen molar-refractivity contribution in [1.29, 1.82) is 0 Å². The van der Waals surface area contributed by atoms with Gasteiger partial charge < -0.3 is 0 Å². The molecule has 8 heteroatoms. The van der Waals surface area contributed by atoms with Gasteiger partial charge in [-0.25, -0.2) is 22.3 Å². The minimum Gasteiger partial charge on any atom is -0.295 e. The summed E-state index contributed by atoms with van der Waals surface area (Å²) in [5, 5.41) is 0. The van der Waals surface area contributed by atoms with Gasteiger partial charge in [-0.2, -0.15) is 0 Å². The van der Waals surface area contributed by atoms with Gasteiger partial charge in [0.1, 0.15) is 5.82 Å². The number of aromatic nitrogens is 2. The fourth-order valence-corrected chi connectivity index (χ4v) is 3.60. The molecule has 0 amide bonds. The standard InChI is InChI=1S/C16H16FN3O3S/c1-19-14-7-6-13(9-15(14)20(2)16(19)21)24(22,23)18-10-11-4-3-5-12(17)8-11/h3-9,18H,10H2,1-2H3. The van der Waals surface area contributed by atoms with Gasteiger partial charge in [-0.15, -0.1) is 0 Å². The van der Waals surface area contributed by atoms with Crippen molar-refractivity contribution in [2.45, 2.75) is 11.4 Å². The minimum atomic E-state index is -3.78. The lowest BCUT2D eigenvalue weighted by Crippen LogP contribution is -2.23. The lowest BCUT2D eigenvalue weighted by Gasteiger charge is -2.08. The fraction of sp³-hybridized carbons (Fsp3) is 0.188. The van der Waals surface area contributed by atoms with E-state index in [0.717, 1.165) is 0 Å². The number of hydrogen-bond donors (Lipinski definition) is 1. The van der Waals surface area contributed by atoms with Crippen LogP contribution in [-0.4, -0.2) is 17.6 Å². The number of imidazole rings is 1. The van der Waals surface area contributed by atoms with Crippen molar-refractivity contribution in [3.63, 3.8) is 0 Å². The highest BCUT2D eigenvalue weighted by molar-refractivity contribution is 7.89. The molecular formula is C16H16FN3O3S. The number of hydrogen-bond acceptors (Lipinski definition) is 3. The summed E-state index contributed by atoms with van der Waals surface area (Å²) in [6.07, 6.45) is 0. The van der Waals surface area contributed by atoms with E-state index < -0.39 is 15.8 Å². The smallest absolute Gasteiger partial charge is 0.295 e. The van der Waals surface area contributed by atoms with E-state index in [4.69, 9.17) is 0 Å². The molecule has 3 rings (SSSR count). The Labute approximate surface area is 138 Å². The van der Waals surface area contributed by atoms with Crippen molar-refractivity contribution in [1.82, 2.24) is 13.9 Å². The van der Waals surface area contributed by atoms with Crippen molar-refractivity contribution >= 4 is 21.1 Å². The molecular weight excluding hydrogens is 333 g/mol. The fourth-order valence-electron chi connectivity index (χ4n) is 2.56. The molecule has 0 atom stereocenters. The quantitative estimate of drug-likeness (QED) is 0.776. The van der Waals surface area contributed by atoms with Gasteiger partial charge in [0.25, 0.3) is 0 Å². The van der Waals surface area contributed by atoms with Gasteiger partial charge in [0, 0.05) is 20.6 Å².